The summed E-state index contributed by atoms with van der Waals surface area (Å²) < 4.78 is 0. The van der Waals surface area contributed by atoms with Crippen molar-refractivity contribution in [1.82, 2.24) is 0 Å². The zero-order chi connectivity index (χ0) is 6.41. The van der Waals surface area contributed by atoms with E-state index in [9.17, 15) is 0 Å². The molecule has 0 heterocycles. The van der Waals surface area contributed by atoms with E-state index in [-0.39, 0.29) is 0 Å². The molecule has 0 radical (unpaired) electrons. The highest BCUT2D eigenvalue weighted by molar-refractivity contribution is 5.77. The molecule has 0 aromatic heterocycles. The van der Waals surface area contributed by atoms with Gasteiger partial charge in [-0.2, -0.15) is 0 Å². The first-order valence-electron chi connectivity index (χ1n) is 2.64. The number of rotatable bonds is 2. The Bertz CT molecular complexity index is 103. The van der Waals surface area contributed by atoms with Gasteiger partial charge < -0.3 is 5.73 Å². The summed E-state index contributed by atoms with van der Waals surface area (Å²) in [5.41, 5.74) is 6.25. The van der Waals surface area contributed by atoms with Crippen LogP contribution in [0.3, 0.4) is 0 Å². The normalized spacial score (nSPS) is 13.1. The van der Waals surface area contributed by atoms with E-state index in [0.717, 1.165) is 5.57 Å². The third kappa shape index (κ3) is 3.56. The minimum Gasteiger partial charge on any atom is -0.312 e. The van der Waals surface area contributed by atoms with Crippen molar-refractivity contribution in [3.8, 4) is 0 Å². The first-order chi connectivity index (χ1) is 3.81. The fourth-order valence-corrected chi connectivity index (χ4v) is 0.271. The highest BCUT2D eigenvalue weighted by atomic mass is 14.8. The van der Waals surface area contributed by atoms with E-state index >= 15 is 0 Å². The maximum atomic E-state index is 5.11. The fourth-order valence-electron chi connectivity index (χ4n) is 0.271. The van der Waals surface area contributed by atoms with E-state index in [1.807, 2.05) is 19.9 Å². The average molecular weight is 112 g/mol. The van der Waals surface area contributed by atoms with Crippen molar-refractivity contribution in [3.05, 3.63) is 11.6 Å². The van der Waals surface area contributed by atoms with E-state index in [1.54, 1.807) is 6.21 Å². The maximum absolute atomic E-state index is 5.11. The molecule has 0 aliphatic rings. The minimum atomic E-state index is 0.380. The van der Waals surface area contributed by atoms with Gasteiger partial charge in [-0.1, -0.05) is 6.08 Å². The third-order valence-electron chi connectivity index (χ3n) is 0.856. The van der Waals surface area contributed by atoms with Gasteiger partial charge in [0.25, 0.3) is 0 Å². The molecule has 0 bridgehead atoms. The standard InChI is InChI=1S/C6H12N2/c1-3-6(2)4-8-5-7/h3-4H,5,7H2,1-2H3/b6-3-,8-4?. The summed E-state index contributed by atoms with van der Waals surface area (Å²) in [6.45, 7) is 4.34. The predicted molar refractivity (Wildman–Crippen MR) is 37.0 cm³/mol. The first kappa shape index (κ1) is 7.37. The van der Waals surface area contributed by atoms with Gasteiger partial charge in [0.1, 0.15) is 0 Å². The second kappa shape index (κ2) is 4.53. The fraction of sp³-hybridized carbons (Fsp3) is 0.500. The maximum Gasteiger partial charge on any atom is 0.0859 e. The molecule has 0 aromatic carbocycles. The zero-order valence-corrected chi connectivity index (χ0v) is 5.39. The van der Waals surface area contributed by atoms with Crippen molar-refractivity contribution < 1.29 is 0 Å². The molecule has 2 nitrogen and oxygen atoms in total. The van der Waals surface area contributed by atoms with E-state index in [2.05, 4.69) is 4.99 Å². The van der Waals surface area contributed by atoms with Crippen LogP contribution in [0.15, 0.2) is 16.6 Å². The lowest BCUT2D eigenvalue weighted by molar-refractivity contribution is 1.08. The smallest absolute Gasteiger partial charge is 0.0859 e. The number of aliphatic imine (C=N–C) groups is 1. The Morgan fingerprint density at radius 1 is 1.75 bits per heavy atom. The highest BCUT2D eigenvalue weighted by Crippen LogP contribution is 1.83. The molecule has 8 heavy (non-hydrogen) atoms. The van der Waals surface area contributed by atoms with Crippen LogP contribution in [0.5, 0.6) is 0 Å². The van der Waals surface area contributed by atoms with Gasteiger partial charge in [0.05, 0.1) is 6.67 Å². The molecule has 0 saturated heterocycles. The summed E-state index contributed by atoms with van der Waals surface area (Å²) in [7, 11) is 0. The summed E-state index contributed by atoms with van der Waals surface area (Å²) in [5, 5.41) is 0. The lowest BCUT2D eigenvalue weighted by Gasteiger charge is -1.84. The lowest BCUT2D eigenvalue weighted by atomic mass is 10.3. The molecule has 0 spiro atoms. The Hall–Kier alpha value is -0.630. The summed E-state index contributed by atoms with van der Waals surface area (Å²) >= 11 is 0. The third-order valence-corrected chi connectivity index (χ3v) is 0.856. The van der Waals surface area contributed by atoms with Crippen LogP contribution in [0.25, 0.3) is 0 Å². The number of allylic oxidation sites excluding steroid dienone is 2. The number of hydrogen-bond acceptors (Lipinski definition) is 2. The predicted octanol–water partition coefficient (Wildman–Crippen LogP) is 0.940. The van der Waals surface area contributed by atoms with Gasteiger partial charge in [-0.3, -0.25) is 4.99 Å². The van der Waals surface area contributed by atoms with Gasteiger partial charge in [-0.25, -0.2) is 0 Å². The van der Waals surface area contributed by atoms with Crippen LogP contribution in [-0.2, 0) is 0 Å². The Labute approximate surface area is 50.1 Å². The van der Waals surface area contributed by atoms with Crippen molar-refractivity contribution >= 4 is 6.21 Å². The molecule has 0 unspecified atom stereocenters. The molecule has 46 valence electrons. The molecule has 0 fully saturated rings. The molecule has 0 aliphatic carbocycles. The largest absolute Gasteiger partial charge is 0.312 e. The molecule has 0 atom stereocenters. The molecular formula is C6H12N2. The van der Waals surface area contributed by atoms with Crippen LogP contribution in [0.2, 0.25) is 0 Å². The van der Waals surface area contributed by atoms with Gasteiger partial charge in [0.15, 0.2) is 0 Å². The number of hydrogen-bond donors (Lipinski definition) is 1. The summed E-state index contributed by atoms with van der Waals surface area (Å²) in [5.74, 6) is 0. The van der Waals surface area contributed by atoms with E-state index in [4.69, 9.17) is 5.73 Å². The van der Waals surface area contributed by atoms with E-state index < -0.39 is 0 Å². The van der Waals surface area contributed by atoms with Gasteiger partial charge in [-0.05, 0) is 19.4 Å². The van der Waals surface area contributed by atoms with Crippen LogP contribution in [0.1, 0.15) is 13.8 Å². The quantitative estimate of drug-likeness (QED) is 0.530. The molecule has 0 aliphatic heterocycles. The van der Waals surface area contributed by atoms with Crippen LogP contribution in [0.4, 0.5) is 0 Å². The Morgan fingerprint density at radius 2 is 2.38 bits per heavy atom. The highest BCUT2D eigenvalue weighted by Gasteiger charge is 1.73. The van der Waals surface area contributed by atoms with Crippen molar-refractivity contribution in [3.63, 3.8) is 0 Å². The molecule has 0 saturated carbocycles. The molecular weight excluding hydrogens is 100 g/mol. The Balaban J connectivity index is 3.53. The van der Waals surface area contributed by atoms with E-state index in [0.29, 0.717) is 6.67 Å². The second-order valence-corrected chi connectivity index (χ2v) is 1.53. The minimum absolute atomic E-state index is 0.380. The molecule has 2 N–H and O–H groups in total. The summed E-state index contributed by atoms with van der Waals surface area (Å²) in [4.78, 5) is 3.83. The van der Waals surface area contributed by atoms with Crippen molar-refractivity contribution in [2.75, 3.05) is 6.67 Å². The second-order valence-electron chi connectivity index (χ2n) is 1.53. The van der Waals surface area contributed by atoms with Gasteiger partial charge in [0, 0.05) is 6.21 Å². The van der Waals surface area contributed by atoms with Crippen molar-refractivity contribution in [2.24, 2.45) is 10.7 Å². The first-order valence-corrected chi connectivity index (χ1v) is 2.64. The van der Waals surface area contributed by atoms with Crippen LogP contribution in [-0.4, -0.2) is 12.9 Å². The molecule has 2 heteroatoms. The van der Waals surface area contributed by atoms with Crippen LogP contribution < -0.4 is 5.73 Å². The van der Waals surface area contributed by atoms with Crippen molar-refractivity contribution in [2.45, 2.75) is 13.8 Å². The molecule has 0 amide bonds. The monoisotopic (exact) mass is 112 g/mol. The molecule has 0 aromatic rings. The Morgan fingerprint density at radius 3 is 2.75 bits per heavy atom. The molecule has 0 rings (SSSR count). The van der Waals surface area contributed by atoms with Crippen LogP contribution >= 0.6 is 0 Å². The van der Waals surface area contributed by atoms with E-state index in [1.165, 1.54) is 0 Å². The lowest BCUT2D eigenvalue weighted by Crippen LogP contribution is -1.94. The van der Waals surface area contributed by atoms with Gasteiger partial charge >= 0.3 is 0 Å². The SMILES string of the molecule is C/C=C(/C)C=NCN. The van der Waals surface area contributed by atoms with Gasteiger partial charge in [0.2, 0.25) is 0 Å². The topological polar surface area (TPSA) is 38.4 Å². The van der Waals surface area contributed by atoms with Gasteiger partial charge in [-0.15, -0.1) is 0 Å². The van der Waals surface area contributed by atoms with Crippen LogP contribution in [0, 0.1) is 0 Å². The Kier molecular flexibility index (Phi) is 4.17. The number of nitrogens with two attached hydrogens (primary N) is 1. The zero-order valence-electron chi connectivity index (χ0n) is 5.39. The average Bonchev–Trinajstić information content (AvgIpc) is 1.83. The van der Waals surface area contributed by atoms with Crippen molar-refractivity contribution in [1.29, 1.82) is 0 Å². The summed E-state index contributed by atoms with van der Waals surface area (Å²) in [6, 6.07) is 0. The number of nitrogens with zero attached hydrogens (tertiary/aromatic N) is 1. The summed E-state index contributed by atoms with van der Waals surface area (Å²) in [6.07, 6.45) is 3.75.